The lowest BCUT2D eigenvalue weighted by Crippen LogP contribution is -2.34. The van der Waals surface area contributed by atoms with Gasteiger partial charge in [-0.05, 0) is 38.3 Å². The van der Waals surface area contributed by atoms with Crippen LogP contribution in [-0.4, -0.2) is 38.0 Å². The Morgan fingerprint density at radius 3 is 2.47 bits per heavy atom. The minimum Gasteiger partial charge on any atom is -0.355 e. The molecule has 0 aromatic carbocycles. The molecule has 3 N–H and O–H groups in total. The van der Waals surface area contributed by atoms with Crippen molar-refractivity contribution in [1.29, 1.82) is 0 Å². The van der Waals surface area contributed by atoms with Crippen LogP contribution in [0.25, 0.3) is 0 Å². The van der Waals surface area contributed by atoms with Crippen molar-refractivity contribution in [3.05, 3.63) is 0 Å². The summed E-state index contributed by atoms with van der Waals surface area (Å²) in [7, 11) is 0. The summed E-state index contributed by atoms with van der Waals surface area (Å²) in [6, 6.07) is 0. The van der Waals surface area contributed by atoms with Crippen LogP contribution in [0, 0.1) is 5.92 Å². The van der Waals surface area contributed by atoms with Crippen LogP contribution >= 0.6 is 0 Å². The van der Waals surface area contributed by atoms with Crippen molar-refractivity contribution < 1.29 is 9.59 Å². The van der Waals surface area contributed by atoms with Crippen molar-refractivity contribution in [3.63, 3.8) is 0 Å². The molecule has 0 atom stereocenters. The van der Waals surface area contributed by atoms with Gasteiger partial charge in [-0.15, -0.1) is 0 Å². The van der Waals surface area contributed by atoms with Gasteiger partial charge in [-0.1, -0.05) is 0 Å². The summed E-state index contributed by atoms with van der Waals surface area (Å²) in [4.78, 5) is 22.1. The summed E-state index contributed by atoms with van der Waals surface area (Å²) >= 11 is 0. The number of piperidine rings is 1. The maximum atomic E-state index is 11.5. The van der Waals surface area contributed by atoms with Crippen LogP contribution in [0.3, 0.4) is 0 Å². The van der Waals surface area contributed by atoms with Crippen molar-refractivity contribution in [2.75, 3.05) is 26.2 Å². The molecule has 1 aliphatic heterocycles. The molecule has 1 rings (SSSR count). The van der Waals surface area contributed by atoms with Gasteiger partial charge in [-0.25, -0.2) is 0 Å². The number of carbonyl (C=O) groups is 2. The first kappa shape index (κ1) is 14.0. The summed E-state index contributed by atoms with van der Waals surface area (Å²) in [5.74, 6) is 0.722. The highest BCUT2D eigenvalue weighted by molar-refractivity contribution is 5.76. The van der Waals surface area contributed by atoms with Gasteiger partial charge in [0.25, 0.3) is 0 Å². The first-order valence-corrected chi connectivity index (χ1v) is 6.40. The molecular weight excluding hydrogens is 218 g/mol. The van der Waals surface area contributed by atoms with E-state index in [0.717, 1.165) is 19.5 Å². The van der Waals surface area contributed by atoms with Crippen LogP contribution in [0.1, 0.15) is 32.6 Å². The maximum absolute atomic E-state index is 11.5. The molecule has 1 saturated heterocycles. The fraction of sp³-hybridized carbons (Fsp3) is 0.833. The van der Waals surface area contributed by atoms with E-state index in [1.54, 1.807) is 0 Å². The van der Waals surface area contributed by atoms with E-state index in [1.165, 1.54) is 19.8 Å². The predicted octanol–water partition coefficient (Wildman–Crippen LogP) is 0.0185. The zero-order valence-electron chi connectivity index (χ0n) is 10.6. The SMILES string of the molecule is CC(=O)NCCNC(=O)CCC1CCNCC1. The highest BCUT2D eigenvalue weighted by Gasteiger charge is 2.14. The summed E-state index contributed by atoms with van der Waals surface area (Å²) in [5, 5.41) is 8.77. The number of rotatable bonds is 6. The van der Waals surface area contributed by atoms with Gasteiger partial charge < -0.3 is 16.0 Å². The van der Waals surface area contributed by atoms with E-state index < -0.39 is 0 Å². The molecule has 5 nitrogen and oxygen atoms in total. The summed E-state index contributed by atoms with van der Waals surface area (Å²) < 4.78 is 0. The molecule has 0 bridgehead atoms. The average molecular weight is 241 g/mol. The highest BCUT2D eigenvalue weighted by atomic mass is 16.2. The van der Waals surface area contributed by atoms with Crippen molar-refractivity contribution in [2.24, 2.45) is 5.92 Å². The quantitative estimate of drug-likeness (QED) is 0.574. The molecule has 0 aliphatic carbocycles. The van der Waals surface area contributed by atoms with Gasteiger partial charge in [-0.2, -0.15) is 0 Å². The Morgan fingerprint density at radius 1 is 1.18 bits per heavy atom. The van der Waals surface area contributed by atoms with Crippen LogP contribution in [0.5, 0.6) is 0 Å². The Kier molecular flexibility index (Phi) is 6.62. The molecule has 0 aromatic rings. The van der Waals surface area contributed by atoms with Crippen LogP contribution in [0.15, 0.2) is 0 Å². The van der Waals surface area contributed by atoms with Gasteiger partial charge in [0, 0.05) is 26.4 Å². The molecular formula is C12H23N3O2. The molecule has 1 aliphatic rings. The third-order valence-electron chi connectivity index (χ3n) is 3.06. The second-order valence-corrected chi connectivity index (χ2v) is 4.56. The third-order valence-corrected chi connectivity index (χ3v) is 3.06. The van der Waals surface area contributed by atoms with Gasteiger partial charge in [0.1, 0.15) is 0 Å². The Morgan fingerprint density at radius 2 is 1.82 bits per heavy atom. The first-order chi connectivity index (χ1) is 8.18. The lowest BCUT2D eigenvalue weighted by molar-refractivity contribution is -0.122. The van der Waals surface area contributed by atoms with E-state index in [9.17, 15) is 9.59 Å². The van der Waals surface area contributed by atoms with Crippen LogP contribution in [-0.2, 0) is 9.59 Å². The van der Waals surface area contributed by atoms with Gasteiger partial charge in [0.2, 0.25) is 11.8 Å². The molecule has 2 amide bonds. The van der Waals surface area contributed by atoms with E-state index in [1.807, 2.05) is 0 Å². The Balaban J connectivity index is 1.98. The van der Waals surface area contributed by atoms with E-state index in [0.29, 0.717) is 25.4 Å². The van der Waals surface area contributed by atoms with Gasteiger partial charge in [0.05, 0.1) is 0 Å². The second-order valence-electron chi connectivity index (χ2n) is 4.56. The van der Waals surface area contributed by atoms with Crippen LogP contribution < -0.4 is 16.0 Å². The zero-order valence-corrected chi connectivity index (χ0v) is 10.6. The monoisotopic (exact) mass is 241 g/mol. The minimum absolute atomic E-state index is 0.0612. The predicted molar refractivity (Wildman–Crippen MR) is 66.5 cm³/mol. The van der Waals surface area contributed by atoms with Crippen molar-refractivity contribution in [1.82, 2.24) is 16.0 Å². The van der Waals surface area contributed by atoms with E-state index >= 15 is 0 Å². The lowest BCUT2D eigenvalue weighted by Gasteiger charge is -2.22. The molecule has 0 aromatic heterocycles. The number of carbonyl (C=O) groups excluding carboxylic acids is 2. The van der Waals surface area contributed by atoms with Gasteiger partial charge >= 0.3 is 0 Å². The molecule has 0 radical (unpaired) electrons. The van der Waals surface area contributed by atoms with Crippen LogP contribution in [0.4, 0.5) is 0 Å². The highest BCUT2D eigenvalue weighted by Crippen LogP contribution is 2.17. The molecule has 1 heterocycles. The normalized spacial score (nSPS) is 16.5. The van der Waals surface area contributed by atoms with Crippen molar-refractivity contribution >= 4 is 11.8 Å². The van der Waals surface area contributed by atoms with E-state index in [-0.39, 0.29) is 11.8 Å². The standard InChI is InChI=1S/C12H23N3O2/c1-10(16)14-8-9-15-12(17)3-2-11-4-6-13-7-5-11/h11,13H,2-9H2,1H3,(H,14,16)(H,15,17). The lowest BCUT2D eigenvalue weighted by atomic mass is 9.93. The van der Waals surface area contributed by atoms with E-state index in [4.69, 9.17) is 0 Å². The number of amides is 2. The largest absolute Gasteiger partial charge is 0.355 e. The smallest absolute Gasteiger partial charge is 0.220 e. The molecule has 17 heavy (non-hydrogen) atoms. The summed E-state index contributed by atoms with van der Waals surface area (Å²) in [6.45, 7) is 4.65. The number of hydrogen-bond acceptors (Lipinski definition) is 3. The maximum Gasteiger partial charge on any atom is 0.220 e. The molecule has 0 unspecified atom stereocenters. The number of nitrogens with one attached hydrogen (secondary N) is 3. The van der Waals surface area contributed by atoms with Crippen LogP contribution in [0.2, 0.25) is 0 Å². The summed E-state index contributed by atoms with van der Waals surface area (Å²) in [5.41, 5.74) is 0. The first-order valence-electron chi connectivity index (χ1n) is 6.40. The Hall–Kier alpha value is -1.10. The fourth-order valence-corrected chi connectivity index (χ4v) is 2.03. The van der Waals surface area contributed by atoms with Gasteiger partial charge in [-0.3, -0.25) is 9.59 Å². The minimum atomic E-state index is -0.0612. The Bertz CT molecular complexity index is 250. The third kappa shape index (κ3) is 6.94. The number of hydrogen-bond donors (Lipinski definition) is 3. The second kappa shape index (κ2) is 8.06. The molecule has 0 saturated carbocycles. The van der Waals surface area contributed by atoms with Gasteiger partial charge in [0.15, 0.2) is 0 Å². The summed E-state index contributed by atoms with van der Waals surface area (Å²) in [6.07, 6.45) is 3.94. The zero-order chi connectivity index (χ0) is 12.5. The Labute approximate surface area is 103 Å². The van der Waals surface area contributed by atoms with E-state index in [2.05, 4.69) is 16.0 Å². The van der Waals surface area contributed by atoms with Crippen molar-refractivity contribution in [2.45, 2.75) is 32.6 Å². The molecule has 5 heteroatoms. The van der Waals surface area contributed by atoms with Crippen molar-refractivity contribution in [3.8, 4) is 0 Å². The fourth-order valence-electron chi connectivity index (χ4n) is 2.03. The average Bonchev–Trinajstić information content (AvgIpc) is 2.33. The topological polar surface area (TPSA) is 70.2 Å². The molecule has 0 spiro atoms. The molecule has 98 valence electrons. The molecule has 1 fully saturated rings.